The van der Waals surface area contributed by atoms with E-state index in [1.165, 1.54) is 45.8 Å². The lowest BCUT2D eigenvalue weighted by atomic mass is 10.1. The number of rotatable bonds is 4. The second kappa shape index (κ2) is 7.04. The molecule has 31 heavy (non-hydrogen) atoms. The molecule has 4 aromatic rings. The molecule has 0 radical (unpaired) electrons. The van der Waals surface area contributed by atoms with Gasteiger partial charge in [-0.15, -0.1) is 0 Å². The SMILES string of the molecule is O=c1c2c(cnn2-c2ccc(F)cc2)c(C2CC2)nn1Cc1cccc(C(F)(F)F)c1. The molecule has 0 N–H and O–H groups in total. The van der Waals surface area contributed by atoms with Crippen molar-refractivity contribution in [3.63, 3.8) is 0 Å². The monoisotopic (exact) mass is 428 g/mol. The van der Waals surface area contributed by atoms with Crippen LogP contribution in [-0.4, -0.2) is 19.6 Å². The summed E-state index contributed by atoms with van der Waals surface area (Å²) in [5.74, 6) is -0.232. The molecular weight excluding hydrogens is 412 g/mol. The van der Waals surface area contributed by atoms with E-state index in [1.54, 1.807) is 6.20 Å². The first-order chi connectivity index (χ1) is 14.8. The zero-order valence-electron chi connectivity index (χ0n) is 16.1. The summed E-state index contributed by atoms with van der Waals surface area (Å²) in [5, 5.41) is 9.40. The summed E-state index contributed by atoms with van der Waals surface area (Å²) in [6.45, 7) is -0.104. The van der Waals surface area contributed by atoms with Crippen LogP contribution in [0.4, 0.5) is 17.6 Å². The van der Waals surface area contributed by atoms with Crippen molar-refractivity contribution in [3.8, 4) is 5.69 Å². The van der Waals surface area contributed by atoms with Crippen LogP contribution in [0.3, 0.4) is 0 Å². The van der Waals surface area contributed by atoms with E-state index < -0.39 is 23.1 Å². The average molecular weight is 428 g/mol. The van der Waals surface area contributed by atoms with Gasteiger partial charge in [0.2, 0.25) is 0 Å². The molecule has 9 heteroatoms. The highest BCUT2D eigenvalue weighted by Crippen LogP contribution is 2.41. The normalized spacial score (nSPS) is 14.3. The van der Waals surface area contributed by atoms with Crippen LogP contribution >= 0.6 is 0 Å². The highest BCUT2D eigenvalue weighted by molar-refractivity contribution is 5.82. The molecule has 2 aromatic heterocycles. The van der Waals surface area contributed by atoms with Crippen molar-refractivity contribution < 1.29 is 17.6 Å². The fraction of sp³-hybridized carbons (Fsp3) is 0.227. The van der Waals surface area contributed by atoms with Gasteiger partial charge in [-0.25, -0.2) is 13.8 Å². The summed E-state index contributed by atoms with van der Waals surface area (Å²) in [6, 6.07) is 10.4. The predicted molar refractivity (Wildman–Crippen MR) is 106 cm³/mol. The number of fused-ring (bicyclic) bond motifs is 1. The first kappa shape index (κ1) is 19.5. The van der Waals surface area contributed by atoms with Crippen LogP contribution < -0.4 is 5.56 Å². The Morgan fingerprint density at radius 3 is 2.48 bits per heavy atom. The van der Waals surface area contributed by atoms with Crippen LogP contribution in [0.2, 0.25) is 0 Å². The van der Waals surface area contributed by atoms with E-state index in [-0.39, 0.29) is 18.0 Å². The molecule has 5 nitrogen and oxygen atoms in total. The third-order valence-corrected chi connectivity index (χ3v) is 5.33. The molecule has 2 heterocycles. The molecule has 0 aliphatic heterocycles. The summed E-state index contributed by atoms with van der Waals surface area (Å²) in [5.41, 5.74) is 0.549. The van der Waals surface area contributed by atoms with Crippen molar-refractivity contribution in [2.45, 2.75) is 31.5 Å². The van der Waals surface area contributed by atoms with Crippen molar-refractivity contribution in [1.29, 1.82) is 0 Å². The van der Waals surface area contributed by atoms with Crippen LogP contribution in [0.1, 0.15) is 35.6 Å². The van der Waals surface area contributed by atoms with E-state index in [9.17, 15) is 22.4 Å². The number of nitrogens with zero attached hydrogens (tertiary/aromatic N) is 4. The summed E-state index contributed by atoms with van der Waals surface area (Å²) in [6.07, 6.45) is -1.06. The van der Waals surface area contributed by atoms with Gasteiger partial charge >= 0.3 is 6.18 Å². The van der Waals surface area contributed by atoms with Gasteiger partial charge in [0, 0.05) is 11.3 Å². The van der Waals surface area contributed by atoms with Gasteiger partial charge in [0.15, 0.2) is 0 Å². The van der Waals surface area contributed by atoms with Crippen molar-refractivity contribution in [2.75, 3.05) is 0 Å². The van der Waals surface area contributed by atoms with Gasteiger partial charge in [0.1, 0.15) is 11.3 Å². The van der Waals surface area contributed by atoms with Crippen LogP contribution in [0.15, 0.2) is 59.5 Å². The van der Waals surface area contributed by atoms with Crippen LogP contribution in [-0.2, 0) is 12.7 Å². The molecule has 0 spiro atoms. The molecule has 5 rings (SSSR count). The van der Waals surface area contributed by atoms with E-state index in [0.717, 1.165) is 25.0 Å². The Labute approximate surface area is 173 Å². The minimum atomic E-state index is -4.47. The summed E-state index contributed by atoms with van der Waals surface area (Å²) < 4.78 is 55.2. The maximum absolute atomic E-state index is 13.3. The average Bonchev–Trinajstić information content (AvgIpc) is 3.48. The molecule has 0 bridgehead atoms. The van der Waals surface area contributed by atoms with Gasteiger partial charge in [0.05, 0.1) is 29.7 Å². The molecule has 0 unspecified atom stereocenters. The fourth-order valence-electron chi connectivity index (χ4n) is 3.66. The highest BCUT2D eigenvalue weighted by Gasteiger charge is 2.31. The molecule has 1 aliphatic carbocycles. The molecule has 0 saturated heterocycles. The minimum absolute atomic E-state index is 0.104. The van der Waals surface area contributed by atoms with E-state index in [0.29, 0.717) is 22.3 Å². The van der Waals surface area contributed by atoms with Gasteiger partial charge in [-0.3, -0.25) is 4.79 Å². The number of halogens is 4. The van der Waals surface area contributed by atoms with Gasteiger partial charge in [-0.05, 0) is 54.8 Å². The second-order valence-electron chi connectivity index (χ2n) is 7.62. The van der Waals surface area contributed by atoms with Gasteiger partial charge in [-0.2, -0.15) is 23.4 Å². The molecule has 158 valence electrons. The second-order valence-corrected chi connectivity index (χ2v) is 7.62. The van der Waals surface area contributed by atoms with Crippen molar-refractivity contribution in [2.24, 2.45) is 0 Å². The third-order valence-electron chi connectivity index (χ3n) is 5.33. The Balaban J connectivity index is 1.65. The van der Waals surface area contributed by atoms with Crippen LogP contribution in [0.5, 0.6) is 0 Å². The molecule has 0 atom stereocenters. The van der Waals surface area contributed by atoms with Gasteiger partial charge < -0.3 is 0 Å². The number of alkyl halides is 3. The van der Waals surface area contributed by atoms with Gasteiger partial charge in [-0.1, -0.05) is 12.1 Å². The smallest absolute Gasteiger partial charge is 0.265 e. The van der Waals surface area contributed by atoms with E-state index >= 15 is 0 Å². The van der Waals surface area contributed by atoms with Crippen LogP contribution in [0, 0.1) is 5.82 Å². The van der Waals surface area contributed by atoms with E-state index in [1.807, 2.05) is 0 Å². The van der Waals surface area contributed by atoms with E-state index in [2.05, 4.69) is 10.2 Å². The summed E-state index contributed by atoms with van der Waals surface area (Å²) in [4.78, 5) is 13.3. The zero-order chi connectivity index (χ0) is 21.8. The Hall–Kier alpha value is -3.49. The minimum Gasteiger partial charge on any atom is -0.265 e. The largest absolute Gasteiger partial charge is 0.416 e. The topological polar surface area (TPSA) is 52.7 Å². The maximum Gasteiger partial charge on any atom is 0.416 e. The number of aromatic nitrogens is 4. The number of benzene rings is 2. The highest BCUT2D eigenvalue weighted by atomic mass is 19.4. The van der Waals surface area contributed by atoms with Crippen molar-refractivity contribution in [3.05, 3.63) is 87.7 Å². The Morgan fingerprint density at radius 2 is 1.81 bits per heavy atom. The molecule has 2 aromatic carbocycles. The lowest BCUT2D eigenvalue weighted by Gasteiger charge is -2.12. The first-order valence-electron chi connectivity index (χ1n) is 9.72. The first-order valence-corrected chi connectivity index (χ1v) is 9.72. The quantitative estimate of drug-likeness (QED) is 0.444. The molecule has 1 fully saturated rings. The maximum atomic E-state index is 13.3. The third kappa shape index (κ3) is 3.60. The van der Waals surface area contributed by atoms with Crippen LogP contribution in [0.25, 0.3) is 16.6 Å². The van der Waals surface area contributed by atoms with Crippen molar-refractivity contribution >= 4 is 10.9 Å². The number of hydrogen-bond acceptors (Lipinski definition) is 3. The van der Waals surface area contributed by atoms with Crippen molar-refractivity contribution in [1.82, 2.24) is 19.6 Å². The zero-order valence-corrected chi connectivity index (χ0v) is 16.1. The Morgan fingerprint density at radius 1 is 1.06 bits per heavy atom. The summed E-state index contributed by atoms with van der Waals surface area (Å²) in [7, 11) is 0. The summed E-state index contributed by atoms with van der Waals surface area (Å²) >= 11 is 0. The Bertz CT molecular complexity index is 1330. The lowest BCUT2D eigenvalue weighted by molar-refractivity contribution is -0.137. The van der Waals surface area contributed by atoms with E-state index in [4.69, 9.17) is 0 Å². The fourth-order valence-corrected chi connectivity index (χ4v) is 3.66. The molecule has 0 amide bonds. The number of hydrogen-bond donors (Lipinski definition) is 0. The molecule has 1 saturated carbocycles. The lowest BCUT2D eigenvalue weighted by Crippen LogP contribution is -2.26. The molecular formula is C22H16F4N4O. The van der Waals surface area contributed by atoms with Gasteiger partial charge in [0.25, 0.3) is 5.56 Å². The molecule has 1 aliphatic rings. The predicted octanol–water partition coefficient (Wildman–Crippen LogP) is 4.67. The Kier molecular flexibility index (Phi) is 4.42. The standard InChI is InChI=1S/C22H16F4N4O/c23-16-6-8-17(9-7-16)30-20-18(11-27-30)19(14-4-5-14)28-29(21(20)31)12-13-2-1-3-15(10-13)22(24,25)26/h1-3,6-11,14H,4-5,12H2.